The number of nitrogens with two attached hydrogens (primary N) is 1. The fraction of sp³-hybridized carbons (Fsp3) is 0.533. The largest absolute Gasteiger partial charge is 0.493 e. The van der Waals surface area contributed by atoms with Gasteiger partial charge in [-0.15, -0.1) is 0 Å². The lowest BCUT2D eigenvalue weighted by molar-refractivity contribution is 0.305. The Labute approximate surface area is 125 Å². The van der Waals surface area contributed by atoms with E-state index in [1.807, 2.05) is 32.0 Å². The molecule has 0 fully saturated rings. The van der Waals surface area contributed by atoms with Crippen molar-refractivity contribution in [2.45, 2.75) is 26.7 Å². The van der Waals surface area contributed by atoms with Crippen LogP contribution in [0.5, 0.6) is 11.5 Å². The van der Waals surface area contributed by atoms with Gasteiger partial charge in [-0.05, 0) is 25.0 Å². The second-order valence-electron chi connectivity index (χ2n) is 5.47. The molecular formula is C15H25N3O3. The maximum atomic E-state index is 8.73. The van der Waals surface area contributed by atoms with Crippen LogP contribution in [0.15, 0.2) is 23.4 Å². The Morgan fingerprint density at radius 1 is 1.29 bits per heavy atom. The van der Waals surface area contributed by atoms with Crippen molar-refractivity contribution in [1.29, 1.82) is 0 Å². The van der Waals surface area contributed by atoms with Crippen molar-refractivity contribution in [2.75, 3.05) is 26.1 Å². The molecule has 0 radical (unpaired) electrons. The highest BCUT2D eigenvalue weighted by molar-refractivity contribution is 5.85. The van der Waals surface area contributed by atoms with Gasteiger partial charge in [-0.2, -0.15) is 0 Å². The first-order valence-electron chi connectivity index (χ1n) is 6.88. The molecule has 21 heavy (non-hydrogen) atoms. The summed E-state index contributed by atoms with van der Waals surface area (Å²) in [6.45, 7) is 4.70. The first-order valence-corrected chi connectivity index (χ1v) is 6.88. The summed E-state index contributed by atoms with van der Waals surface area (Å²) in [5.74, 6) is 1.66. The van der Waals surface area contributed by atoms with Crippen molar-refractivity contribution >= 4 is 11.5 Å². The molecule has 1 aromatic rings. The van der Waals surface area contributed by atoms with E-state index < -0.39 is 0 Å². The Morgan fingerprint density at radius 2 is 1.95 bits per heavy atom. The molecule has 0 atom stereocenters. The monoisotopic (exact) mass is 295 g/mol. The van der Waals surface area contributed by atoms with Gasteiger partial charge in [0.05, 0.1) is 14.2 Å². The number of nitrogens with zero attached hydrogens (tertiary/aromatic N) is 1. The zero-order chi connectivity index (χ0) is 15.9. The predicted octanol–water partition coefficient (Wildman–Crippen LogP) is 2.67. The average Bonchev–Trinajstić information content (AvgIpc) is 2.50. The van der Waals surface area contributed by atoms with Gasteiger partial charge in [0.15, 0.2) is 11.5 Å². The van der Waals surface area contributed by atoms with Crippen LogP contribution in [0.2, 0.25) is 0 Å². The van der Waals surface area contributed by atoms with Crippen LogP contribution in [0.25, 0.3) is 0 Å². The van der Waals surface area contributed by atoms with Gasteiger partial charge in [0, 0.05) is 23.7 Å². The summed E-state index contributed by atoms with van der Waals surface area (Å²) in [6, 6.07) is 5.70. The lowest BCUT2D eigenvalue weighted by atomic mass is 9.86. The molecule has 0 saturated carbocycles. The van der Waals surface area contributed by atoms with Gasteiger partial charge < -0.3 is 25.7 Å². The van der Waals surface area contributed by atoms with Crippen LogP contribution in [0.3, 0.4) is 0 Å². The number of nitrogens with one attached hydrogen (secondary N) is 1. The van der Waals surface area contributed by atoms with Crippen LogP contribution in [0.4, 0.5) is 5.69 Å². The Hall–Kier alpha value is -2.11. The molecule has 0 bridgehead atoms. The van der Waals surface area contributed by atoms with E-state index in [1.54, 1.807) is 14.2 Å². The Bertz CT molecular complexity index is 487. The second-order valence-corrected chi connectivity index (χ2v) is 5.47. The van der Waals surface area contributed by atoms with Gasteiger partial charge in [0.25, 0.3) is 0 Å². The van der Waals surface area contributed by atoms with E-state index >= 15 is 0 Å². The standard InChI is InChI=1S/C15H25N3O3/c1-15(2,14(16)18-19)8-5-9-17-11-6-7-12(20-3)13(10-11)21-4/h6-7,10,17,19H,5,8-9H2,1-4H3,(H2,16,18). The van der Waals surface area contributed by atoms with Gasteiger partial charge in [0.1, 0.15) is 5.84 Å². The highest BCUT2D eigenvalue weighted by atomic mass is 16.5. The molecule has 0 aliphatic heterocycles. The summed E-state index contributed by atoms with van der Waals surface area (Å²) in [7, 11) is 3.22. The van der Waals surface area contributed by atoms with E-state index in [1.165, 1.54) is 0 Å². The van der Waals surface area contributed by atoms with E-state index in [9.17, 15) is 0 Å². The fourth-order valence-electron chi connectivity index (χ4n) is 1.97. The molecule has 1 rings (SSSR count). The number of hydrogen-bond donors (Lipinski definition) is 3. The molecule has 118 valence electrons. The molecular weight excluding hydrogens is 270 g/mol. The number of benzene rings is 1. The van der Waals surface area contributed by atoms with Crippen molar-refractivity contribution in [2.24, 2.45) is 16.3 Å². The van der Waals surface area contributed by atoms with E-state index in [0.29, 0.717) is 11.5 Å². The molecule has 0 aliphatic rings. The van der Waals surface area contributed by atoms with Crippen molar-refractivity contribution in [3.63, 3.8) is 0 Å². The van der Waals surface area contributed by atoms with Crippen molar-refractivity contribution in [3.05, 3.63) is 18.2 Å². The van der Waals surface area contributed by atoms with Crippen molar-refractivity contribution in [3.8, 4) is 11.5 Å². The van der Waals surface area contributed by atoms with Crippen LogP contribution in [-0.4, -0.2) is 31.8 Å². The molecule has 0 aliphatic carbocycles. The summed E-state index contributed by atoms with van der Waals surface area (Å²) < 4.78 is 10.5. The maximum absolute atomic E-state index is 8.73. The molecule has 4 N–H and O–H groups in total. The van der Waals surface area contributed by atoms with Gasteiger partial charge in [-0.25, -0.2) is 0 Å². The third kappa shape index (κ3) is 4.73. The lowest BCUT2D eigenvalue weighted by Gasteiger charge is -2.22. The van der Waals surface area contributed by atoms with Crippen LogP contribution < -0.4 is 20.5 Å². The third-order valence-electron chi connectivity index (χ3n) is 3.49. The molecule has 6 nitrogen and oxygen atoms in total. The lowest BCUT2D eigenvalue weighted by Crippen LogP contribution is -2.32. The van der Waals surface area contributed by atoms with Crippen molar-refractivity contribution in [1.82, 2.24) is 0 Å². The van der Waals surface area contributed by atoms with Gasteiger partial charge in [-0.1, -0.05) is 19.0 Å². The molecule has 0 amide bonds. The first kappa shape index (κ1) is 16.9. The van der Waals surface area contributed by atoms with Gasteiger partial charge in [0.2, 0.25) is 0 Å². The summed E-state index contributed by atoms with van der Waals surface area (Å²) in [5.41, 5.74) is 6.32. The summed E-state index contributed by atoms with van der Waals surface area (Å²) in [6.07, 6.45) is 1.72. The number of methoxy groups -OCH3 is 2. The fourth-order valence-corrected chi connectivity index (χ4v) is 1.97. The topological polar surface area (TPSA) is 89.1 Å². The van der Waals surface area contributed by atoms with E-state index in [0.717, 1.165) is 25.1 Å². The molecule has 0 unspecified atom stereocenters. The quantitative estimate of drug-likeness (QED) is 0.225. The minimum atomic E-state index is -0.311. The number of amidine groups is 1. The molecule has 0 aromatic heterocycles. The molecule has 1 aromatic carbocycles. The number of hydrogen-bond acceptors (Lipinski definition) is 5. The zero-order valence-electron chi connectivity index (χ0n) is 13.1. The molecule has 0 heterocycles. The number of ether oxygens (including phenoxy) is 2. The highest BCUT2D eigenvalue weighted by Gasteiger charge is 2.22. The summed E-state index contributed by atoms with van der Waals surface area (Å²) in [4.78, 5) is 0. The van der Waals surface area contributed by atoms with E-state index in [2.05, 4.69) is 10.5 Å². The average molecular weight is 295 g/mol. The Morgan fingerprint density at radius 3 is 2.52 bits per heavy atom. The number of rotatable bonds is 8. The minimum absolute atomic E-state index is 0.258. The molecule has 0 spiro atoms. The summed E-state index contributed by atoms with van der Waals surface area (Å²) in [5, 5.41) is 15.1. The maximum Gasteiger partial charge on any atom is 0.162 e. The van der Waals surface area contributed by atoms with E-state index in [-0.39, 0.29) is 11.3 Å². The van der Waals surface area contributed by atoms with Crippen LogP contribution in [0.1, 0.15) is 26.7 Å². The van der Waals surface area contributed by atoms with Crippen LogP contribution >= 0.6 is 0 Å². The Kier molecular flexibility index (Phi) is 6.14. The van der Waals surface area contributed by atoms with Crippen LogP contribution in [0, 0.1) is 5.41 Å². The first-order chi connectivity index (χ1) is 9.94. The predicted molar refractivity (Wildman–Crippen MR) is 84.5 cm³/mol. The Balaban J connectivity index is 2.50. The second kappa shape index (κ2) is 7.61. The highest BCUT2D eigenvalue weighted by Crippen LogP contribution is 2.30. The normalized spacial score (nSPS) is 12.1. The number of oxime groups is 1. The molecule has 6 heteroatoms. The van der Waals surface area contributed by atoms with E-state index in [4.69, 9.17) is 20.4 Å². The molecule has 0 saturated heterocycles. The summed E-state index contributed by atoms with van der Waals surface area (Å²) >= 11 is 0. The zero-order valence-corrected chi connectivity index (χ0v) is 13.1. The minimum Gasteiger partial charge on any atom is -0.493 e. The smallest absolute Gasteiger partial charge is 0.162 e. The van der Waals surface area contributed by atoms with Gasteiger partial charge in [-0.3, -0.25) is 0 Å². The van der Waals surface area contributed by atoms with Crippen molar-refractivity contribution < 1.29 is 14.7 Å². The number of anilines is 1. The van der Waals surface area contributed by atoms with Crippen LogP contribution in [-0.2, 0) is 0 Å². The SMILES string of the molecule is COc1ccc(NCCCC(C)(C)C(N)=NO)cc1OC. The van der Waals surface area contributed by atoms with Gasteiger partial charge >= 0.3 is 0 Å². The third-order valence-corrected chi connectivity index (χ3v) is 3.49.